The van der Waals surface area contributed by atoms with Gasteiger partial charge in [0.15, 0.2) is 0 Å². The van der Waals surface area contributed by atoms with Gasteiger partial charge in [-0.25, -0.2) is 0 Å². The van der Waals surface area contributed by atoms with E-state index in [0.717, 1.165) is 42.7 Å². The van der Waals surface area contributed by atoms with Gasteiger partial charge in [-0.2, -0.15) is 5.26 Å². The Balaban J connectivity index is 1.67. The van der Waals surface area contributed by atoms with Gasteiger partial charge in [0.1, 0.15) is 23.5 Å². The van der Waals surface area contributed by atoms with Crippen LogP contribution in [-0.2, 0) is 16.0 Å². The number of rotatable bonds is 4. The van der Waals surface area contributed by atoms with Gasteiger partial charge in [-0.05, 0) is 49.1 Å². The minimum Gasteiger partial charge on any atom is -0.490 e. The second kappa shape index (κ2) is 6.84. The number of carbonyl (C=O) groups excluding carboxylic acids is 1. The topological polar surface area (TPSA) is 71.4 Å². The second-order valence-corrected chi connectivity index (χ2v) is 6.01. The predicted molar refractivity (Wildman–Crippen MR) is 85.8 cm³/mol. The molecule has 5 nitrogen and oxygen atoms in total. The number of carbonyl (C=O) groups is 1. The molecule has 1 amide bonds. The average Bonchev–Trinajstić information content (AvgIpc) is 3.18. The molecule has 2 aliphatic rings. The lowest BCUT2D eigenvalue weighted by Crippen LogP contribution is -2.32. The molecule has 1 N–H and O–H groups in total. The van der Waals surface area contributed by atoms with Crippen LogP contribution in [0.1, 0.15) is 30.9 Å². The van der Waals surface area contributed by atoms with E-state index in [1.807, 2.05) is 31.2 Å². The molecule has 0 radical (unpaired) electrons. The molecule has 23 heavy (non-hydrogen) atoms. The van der Waals surface area contributed by atoms with E-state index in [4.69, 9.17) is 9.47 Å². The molecule has 5 heteroatoms. The Hall–Kier alpha value is -2.32. The number of nitrogens with zero attached hydrogens (tertiary/aromatic N) is 1. The third kappa shape index (κ3) is 3.72. The van der Waals surface area contributed by atoms with Gasteiger partial charge in [0, 0.05) is 19.6 Å². The quantitative estimate of drug-likeness (QED) is 0.683. The van der Waals surface area contributed by atoms with Crippen molar-refractivity contribution >= 4 is 12.0 Å². The van der Waals surface area contributed by atoms with E-state index in [9.17, 15) is 10.1 Å². The van der Waals surface area contributed by atoms with Gasteiger partial charge in [-0.15, -0.1) is 0 Å². The maximum absolute atomic E-state index is 12.1. The number of amides is 1. The molecule has 0 aromatic heterocycles. The summed E-state index contributed by atoms with van der Waals surface area (Å²) in [5, 5.41) is 12.0. The zero-order chi connectivity index (χ0) is 16.2. The van der Waals surface area contributed by atoms with E-state index in [-0.39, 0.29) is 23.7 Å². The molecule has 0 bridgehead atoms. The highest BCUT2D eigenvalue weighted by Crippen LogP contribution is 2.29. The van der Waals surface area contributed by atoms with Crippen molar-refractivity contribution in [2.75, 3.05) is 13.2 Å². The first-order chi connectivity index (χ1) is 11.2. The van der Waals surface area contributed by atoms with Crippen LogP contribution in [0, 0.1) is 11.3 Å². The van der Waals surface area contributed by atoms with E-state index in [0.29, 0.717) is 6.54 Å². The standard InChI is InChI=1S/C18H20N2O3/c1-12-7-14-8-13(4-5-17(14)23-12)9-15(10-19)18(21)20-11-16-3-2-6-22-16/h4-5,8-9,12,16H,2-3,6-7,11H2,1H3,(H,20,21)/b15-9-/t12-,16-/m1/s1. The summed E-state index contributed by atoms with van der Waals surface area (Å²) in [5.41, 5.74) is 2.06. The summed E-state index contributed by atoms with van der Waals surface area (Å²) >= 11 is 0. The minimum absolute atomic E-state index is 0.0672. The highest BCUT2D eigenvalue weighted by atomic mass is 16.5. The number of nitrogens with one attached hydrogen (secondary N) is 1. The molecule has 0 aliphatic carbocycles. The van der Waals surface area contributed by atoms with Crippen molar-refractivity contribution < 1.29 is 14.3 Å². The van der Waals surface area contributed by atoms with Crippen molar-refractivity contribution in [3.8, 4) is 11.8 Å². The average molecular weight is 312 g/mol. The smallest absolute Gasteiger partial charge is 0.262 e. The van der Waals surface area contributed by atoms with Crippen LogP contribution in [0.25, 0.3) is 6.08 Å². The van der Waals surface area contributed by atoms with E-state index >= 15 is 0 Å². The highest BCUT2D eigenvalue weighted by Gasteiger charge is 2.20. The van der Waals surface area contributed by atoms with Crippen molar-refractivity contribution in [2.24, 2.45) is 0 Å². The molecular formula is C18H20N2O3. The van der Waals surface area contributed by atoms with Crippen LogP contribution < -0.4 is 10.1 Å². The van der Waals surface area contributed by atoms with Crippen LogP contribution in [0.5, 0.6) is 5.75 Å². The summed E-state index contributed by atoms with van der Waals surface area (Å²) in [6.07, 6.45) is 4.69. The Morgan fingerprint density at radius 2 is 2.39 bits per heavy atom. The zero-order valence-electron chi connectivity index (χ0n) is 13.2. The zero-order valence-corrected chi connectivity index (χ0v) is 13.2. The van der Waals surface area contributed by atoms with Crippen LogP contribution in [0.15, 0.2) is 23.8 Å². The Morgan fingerprint density at radius 1 is 1.52 bits per heavy atom. The summed E-state index contributed by atoms with van der Waals surface area (Å²) in [6.45, 7) is 3.22. The third-order valence-corrected chi connectivity index (χ3v) is 4.11. The fourth-order valence-corrected chi connectivity index (χ4v) is 2.95. The lowest BCUT2D eigenvalue weighted by Gasteiger charge is -2.10. The predicted octanol–water partition coefficient (Wildman–Crippen LogP) is 2.21. The van der Waals surface area contributed by atoms with Gasteiger partial charge in [0.05, 0.1) is 6.10 Å². The maximum Gasteiger partial charge on any atom is 0.262 e. The maximum atomic E-state index is 12.1. The molecule has 0 unspecified atom stereocenters. The van der Waals surface area contributed by atoms with Crippen LogP contribution in [0.2, 0.25) is 0 Å². The Morgan fingerprint density at radius 3 is 3.13 bits per heavy atom. The number of hydrogen-bond acceptors (Lipinski definition) is 4. The fourth-order valence-electron chi connectivity index (χ4n) is 2.95. The summed E-state index contributed by atoms with van der Waals surface area (Å²) < 4.78 is 11.1. The fraction of sp³-hybridized carbons (Fsp3) is 0.444. The number of fused-ring (bicyclic) bond motifs is 1. The van der Waals surface area contributed by atoms with Gasteiger partial charge in [-0.1, -0.05) is 6.07 Å². The second-order valence-electron chi connectivity index (χ2n) is 6.01. The van der Waals surface area contributed by atoms with Crippen molar-refractivity contribution in [2.45, 2.75) is 38.4 Å². The summed E-state index contributed by atoms with van der Waals surface area (Å²) in [4.78, 5) is 12.1. The molecule has 1 saturated heterocycles. The molecule has 120 valence electrons. The molecule has 2 aliphatic heterocycles. The lowest BCUT2D eigenvalue weighted by atomic mass is 10.0. The number of ether oxygens (including phenoxy) is 2. The molecule has 0 spiro atoms. The van der Waals surface area contributed by atoms with Crippen molar-refractivity contribution in [1.29, 1.82) is 5.26 Å². The third-order valence-electron chi connectivity index (χ3n) is 4.11. The number of benzene rings is 1. The first-order valence-corrected chi connectivity index (χ1v) is 7.97. The monoisotopic (exact) mass is 312 g/mol. The van der Waals surface area contributed by atoms with Gasteiger partial charge >= 0.3 is 0 Å². The lowest BCUT2D eigenvalue weighted by molar-refractivity contribution is -0.117. The molecule has 1 aromatic rings. The minimum atomic E-state index is -0.354. The van der Waals surface area contributed by atoms with E-state index < -0.39 is 0 Å². The summed E-state index contributed by atoms with van der Waals surface area (Å²) in [6, 6.07) is 7.71. The Kier molecular flexibility index (Phi) is 4.63. The molecule has 3 rings (SSSR count). The largest absolute Gasteiger partial charge is 0.490 e. The number of nitriles is 1. The molecule has 1 fully saturated rings. The molecule has 0 saturated carbocycles. The van der Waals surface area contributed by atoms with E-state index in [1.54, 1.807) is 6.08 Å². The Bertz CT molecular complexity index is 669. The van der Waals surface area contributed by atoms with Gasteiger partial charge < -0.3 is 14.8 Å². The first kappa shape index (κ1) is 15.6. The van der Waals surface area contributed by atoms with Crippen molar-refractivity contribution in [3.63, 3.8) is 0 Å². The van der Waals surface area contributed by atoms with Crippen molar-refractivity contribution in [3.05, 3.63) is 34.9 Å². The van der Waals surface area contributed by atoms with Gasteiger partial charge in [-0.3, -0.25) is 4.79 Å². The van der Waals surface area contributed by atoms with E-state index in [2.05, 4.69) is 5.32 Å². The van der Waals surface area contributed by atoms with Crippen molar-refractivity contribution in [1.82, 2.24) is 5.32 Å². The number of hydrogen-bond donors (Lipinski definition) is 1. The highest BCUT2D eigenvalue weighted by molar-refractivity contribution is 6.01. The van der Waals surface area contributed by atoms with Crippen LogP contribution in [-0.4, -0.2) is 31.3 Å². The molecule has 1 aromatic carbocycles. The summed E-state index contributed by atoms with van der Waals surface area (Å²) in [5.74, 6) is 0.532. The van der Waals surface area contributed by atoms with Gasteiger partial charge in [0.25, 0.3) is 5.91 Å². The molecular weight excluding hydrogens is 292 g/mol. The normalized spacial score (nSPS) is 23.0. The van der Waals surface area contributed by atoms with Crippen LogP contribution in [0.4, 0.5) is 0 Å². The van der Waals surface area contributed by atoms with Gasteiger partial charge in [0.2, 0.25) is 0 Å². The van der Waals surface area contributed by atoms with E-state index in [1.165, 1.54) is 0 Å². The summed E-state index contributed by atoms with van der Waals surface area (Å²) in [7, 11) is 0. The SMILES string of the molecule is C[C@@H]1Cc2cc(/C=C(/C#N)C(=O)NC[C@H]3CCCO3)ccc2O1. The molecule has 2 heterocycles. The van der Waals surface area contributed by atoms with Crippen LogP contribution >= 0.6 is 0 Å². The molecule has 2 atom stereocenters. The Labute approximate surface area is 135 Å². The van der Waals surface area contributed by atoms with Crippen LogP contribution in [0.3, 0.4) is 0 Å². The first-order valence-electron chi connectivity index (χ1n) is 7.97.